The average Bonchev–Trinajstić information content (AvgIpc) is 3.36. The maximum Gasteiger partial charge on any atom is 0.286 e. The molecule has 2 heterocycles. The summed E-state index contributed by atoms with van der Waals surface area (Å²) < 4.78 is 16.3. The number of benzene rings is 2. The van der Waals surface area contributed by atoms with Crippen molar-refractivity contribution in [3.8, 4) is 11.4 Å². The van der Waals surface area contributed by atoms with Gasteiger partial charge in [0.2, 0.25) is 5.01 Å². The lowest BCUT2D eigenvalue weighted by molar-refractivity contribution is 0.102. The van der Waals surface area contributed by atoms with E-state index in [1.54, 1.807) is 18.2 Å². The Bertz CT molecular complexity index is 1270. The summed E-state index contributed by atoms with van der Waals surface area (Å²) in [4.78, 5) is 12.5. The molecular formula is C22H19FN6OS2. The number of anilines is 1. The quantitative estimate of drug-likeness (QED) is 0.380. The van der Waals surface area contributed by atoms with Crippen molar-refractivity contribution in [2.75, 3.05) is 5.32 Å². The monoisotopic (exact) mass is 466 g/mol. The lowest BCUT2D eigenvalue weighted by atomic mass is 10.2. The largest absolute Gasteiger partial charge is 0.320 e. The van der Waals surface area contributed by atoms with Gasteiger partial charge >= 0.3 is 0 Å². The molecule has 1 fully saturated rings. The summed E-state index contributed by atoms with van der Waals surface area (Å²) in [7, 11) is 0. The lowest BCUT2D eigenvalue weighted by Gasteiger charge is -2.08. The first-order chi connectivity index (χ1) is 15.6. The molecule has 0 unspecified atom stereocenters. The molecule has 1 aliphatic rings. The van der Waals surface area contributed by atoms with E-state index in [0.29, 0.717) is 38.0 Å². The molecular weight excluding hydrogens is 447 g/mol. The molecule has 0 atom stereocenters. The molecule has 1 N–H and O–H groups in total. The molecule has 1 amide bonds. The highest BCUT2D eigenvalue weighted by molar-refractivity contribution is 7.98. The Balaban J connectivity index is 1.29. The SMILES string of the molecule is Cc1ccc(NC(=O)c2nnc(CSc3nnc(-c4ccccc4F)n3C3CC3)s2)cc1. The van der Waals surface area contributed by atoms with Gasteiger partial charge in [0, 0.05) is 11.7 Å². The fourth-order valence-electron chi connectivity index (χ4n) is 3.21. The Kier molecular flexibility index (Phi) is 5.71. The first-order valence-electron chi connectivity index (χ1n) is 10.1. The maximum atomic E-state index is 14.3. The zero-order valence-electron chi connectivity index (χ0n) is 17.2. The van der Waals surface area contributed by atoms with Gasteiger partial charge in [-0.25, -0.2) is 4.39 Å². The summed E-state index contributed by atoms with van der Waals surface area (Å²) in [6, 6.07) is 14.5. The van der Waals surface area contributed by atoms with Crippen molar-refractivity contribution in [2.45, 2.75) is 36.7 Å². The molecule has 4 aromatic rings. The third kappa shape index (κ3) is 4.42. The molecule has 162 valence electrons. The van der Waals surface area contributed by atoms with Gasteiger partial charge in [0.1, 0.15) is 10.8 Å². The van der Waals surface area contributed by atoms with E-state index in [4.69, 9.17) is 0 Å². The molecule has 0 spiro atoms. The summed E-state index contributed by atoms with van der Waals surface area (Å²) >= 11 is 2.71. The third-order valence-electron chi connectivity index (χ3n) is 4.99. The topological polar surface area (TPSA) is 85.6 Å². The Morgan fingerprint density at radius 3 is 2.66 bits per heavy atom. The van der Waals surface area contributed by atoms with Gasteiger partial charge in [0.25, 0.3) is 5.91 Å². The highest BCUT2D eigenvalue weighted by atomic mass is 32.2. The molecule has 0 bridgehead atoms. The van der Waals surface area contributed by atoms with Crippen LogP contribution < -0.4 is 5.32 Å². The minimum atomic E-state index is -0.313. The van der Waals surface area contributed by atoms with Crippen molar-refractivity contribution >= 4 is 34.7 Å². The molecule has 1 saturated carbocycles. The minimum absolute atomic E-state index is 0.285. The molecule has 5 rings (SSSR count). The standard InChI is InChI=1S/C22H19FN6OS2/c1-13-6-8-14(9-7-13)24-20(30)21-27-25-18(32-21)12-31-22-28-26-19(29(22)15-10-11-15)16-4-2-3-5-17(16)23/h2-9,15H,10-12H2,1H3,(H,24,30). The molecule has 7 nitrogen and oxygen atoms in total. The first kappa shape index (κ1) is 20.8. The van der Waals surface area contributed by atoms with Crippen molar-refractivity contribution in [3.05, 3.63) is 69.9 Å². The van der Waals surface area contributed by atoms with E-state index < -0.39 is 0 Å². The highest BCUT2D eigenvalue weighted by Crippen LogP contribution is 2.42. The normalized spacial score (nSPS) is 13.3. The van der Waals surface area contributed by atoms with Gasteiger partial charge in [-0.2, -0.15) is 0 Å². The fraction of sp³-hybridized carbons (Fsp3) is 0.227. The van der Waals surface area contributed by atoms with Crippen molar-refractivity contribution in [1.82, 2.24) is 25.0 Å². The zero-order valence-corrected chi connectivity index (χ0v) is 18.8. The second kappa shape index (κ2) is 8.79. The van der Waals surface area contributed by atoms with E-state index in [9.17, 15) is 9.18 Å². The van der Waals surface area contributed by atoms with Crippen LogP contribution in [0.15, 0.2) is 53.7 Å². The lowest BCUT2D eigenvalue weighted by Crippen LogP contribution is -2.11. The van der Waals surface area contributed by atoms with E-state index in [0.717, 1.165) is 18.4 Å². The number of aromatic nitrogens is 5. The minimum Gasteiger partial charge on any atom is -0.320 e. The van der Waals surface area contributed by atoms with Crippen LogP contribution in [0.2, 0.25) is 0 Å². The van der Waals surface area contributed by atoms with Gasteiger partial charge in [-0.05, 0) is 44.0 Å². The van der Waals surface area contributed by atoms with Gasteiger partial charge in [-0.15, -0.1) is 20.4 Å². The average molecular weight is 467 g/mol. The molecule has 0 aliphatic heterocycles. The van der Waals surface area contributed by atoms with Crippen LogP contribution in [0.4, 0.5) is 10.1 Å². The van der Waals surface area contributed by atoms with Crippen LogP contribution in [0, 0.1) is 12.7 Å². The Morgan fingerprint density at radius 1 is 1.12 bits per heavy atom. The van der Waals surface area contributed by atoms with Crippen LogP contribution in [0.5, 0.6) is 0 Å². The molecule has 2 aromatic carbocycles. The Labute approximate surface area is 192 Å². The van der Waals surface area contributed by atoms with E-state index in [2.05, 4.69) is 25.7 Å². The van der Waals surface area contributed by atoms with E-state index in [1.807, 2.05) is 35.8 Å². The molecule has 10 heteroatoms. The number of aryl methyl sites for hydroxylation is 1. The summed E-state index contributed by atoms with van der Waals surface area (Å²) in [5, 5.41) is 21.3. The third-order valence-corrected chi connectivity index (χ3v) is 7.05. The molecule has 0 radical (unpaired) electrons. The summed E-state index contributed by atoms with van der Waals surface area (Å²) in [6.45, 7) is 1.99. The smallest absolute Gasteiger partial charge is 0.286 e. The number of halogens is 1. The number of amides is 1. The maximum absolute atomic E-state index is 14.3. The van der Waals surface area contributed by atoms with Gasteiger partial charge in [-0.1, -0.05) is 52.9 Å². The number of carbonyl (C=O) groups is 1. The van der Waals surface area contributed by atoms with Crippen molar-refractivity contribution in [2.24, 2.45) is 0 Å². The predicted molar refractivity (Wildman–Crippen MR) is 122 cm³/mol. The van der Waals surface area contributed by atoms with Crippen LogP contribution in [0.3, 0.4) is 0 Å². The Hall–Kier alpha value is -3.11. The number of hydrogen-bond donors (Lipinski definition) is 1. The van der Waals surface area contributed by atoms with E-state index >= 15 is 0 Å². The van der Waals surface area contributed by atoms with Crippen molar-refractivity contribution in [3.63, 3.8) is 0 Å². The highest BCUT2D eigenvalue weighted by Gasteiger charge is 2.31. The molecule has 1 aliphatic carbocycles. The van der Waals surface area contributed by atoms with Crippen LogP contribution in [-0.2, 0) is 5.75 Å². The van der Waals surface area contributed by atoms with Crippen LogP contribution in [0.1, 0.15) is 39.3 Å². The number of nitrogens with one attached hydrogen (secondary N) is 1. The van der Waals surface area contributed by atoms with E-state index in [1.165, 1.54) is 29.2 Å². The zero-order chi connectivity index (χ0) is 22.1. The van der Waals surface area contributed by atoms with Gasteiger partial charge < -0.3 is 5.32 Å². The molecule has 0 saturated heterocycles. The predicted octanol–water partition coefficient (Wildman–Crippen LogP) is 5.12. The van der Waals surface area contributed by atoms with Gasteiger partial charge in [0.15, 0.2) is 11.0 Å². The first-order valence-corrected chi connectivity index (χ1v) is 11.9. The van der Waals surface area contributed by atoms with Gasteiger partial charge in [0.05, 0.1) is 11.3 Å². The summed E-state index contributed by atoms with van der Waals surface area (Å²) in [5.41, 5.74) is 2.28. The fourth-order valence-corrected chi connectivity index (χ4v) is 4.94. The molecule has 32 heavy (non-hydrogen) atoms. The number of nitrogens with zero attached hydrogens (tertiary/aromatic N) is 5. The van der Waals surface area contributed by atoms with Crippen LogP contribution in [0.25, 0.3) is 11.4 Å². The summed E-state index contributed by atoms with van der Waals surface area (Å²) in [6.07, 6.45) is 2.05. The van der Waals surface area contributed by atoms with Gasteiger partial charge in [-0.3, -0.25) is 9.36 Å². The number of carbonyl (C=O) groups excluding carboxylic acids is 1. The summed E-state index contributed by atoms with van der Waals surface area (Å²) in [5.74, 6) is 0.443. The number of hydrogen-bond acceptors (Lipinski definition) is 7. The van der Waals surface area contributed by atoms with Crippen molar-refractivity contribution in [1.29, 1.82) is 0 Å². The second-order valence-corrected chi connectivity index (χ2v) is 9.50. The van der Waals surface area contributed by atoms with Crippen LogP contribution in [-0.4, -0.2) is 30.9 Å². The number of thioether (sulfide) groups is 1. The Morgan fingerprint density at radius 2 is 1.91 bits per heavy atom. The van der Waals surface area contributed by atoms with Crippen LogP contribution >= 0.6 is 23.1 Å². The van der Waals surface area contributed by atoms with E-state index in [-0.39, 0.29) is 17.8 Å². The second-order valence-electron chi connectivity index (χ2n) is 7.50. The molecule has 2 aromatic heterocycles. The van der Waals surface area contributed by atoms with Crippen molar-refractivity contribution < 1.29 is 9.18 Å². The number of rotatable bonds is 7.